The van der Waals surface area contributed by atoms with Crippen molar-refractivity contribution in [1.82, 2.24) is 9.78 Å². The second-order valence-electron chi connectivity index (χ2n) is 6.94. The van der Waals surface area contributed by atoms with Crippen molar-refractivity contribution in [2.75, 3.05) is 11.9 Å². The second-order valence-corrected chi connectivity index (χ2v) is 6.94. The quantitative estimate of drug-likeness (QED) is 0.735. The van der Waals surface area contributed by atoms with Crippen molar-refractivity contribution < 1.29 is 27.5 Å². The molecular formula is C20H19F3N4O3. The summed E-state index contributed by atoms with van der Waals surface area (Å²) in [5, 5.41) is 15.7. The first kappa shape index (κ1) is 21.4. The molecule has 1 saturated carbocycles. The fourth-order valence-electron chi connectivity index (χ4n) is 3.48. The number of hydrogen-bond donors (Lipinski definition) is 1. The molecule has 2 aromatic rings. The Morgan fingerprint density at radius 1 is 1.27 bits per heavy atom. The fraction of sp³-hybridized carbons (Fsp3) is 0.400. The molecule has 1 amide bonds. The highest BCUT2D eigenvalue weighted by Gasteiger charge is 2.42. The highest BCUT2D eigenvalue weighted by atomic mass is 19.4. The SMILES string of the molecule is CCOC(=O)c1cnn(-c2ccc(NC(=O)C3(C#N)CCCC3)cc2)c1C(F)(F)F. The summed E-state index contributed by atoms with van der Waals surface area (Å²) in [7, 11) is 0. The molecule has 0 bridgehead atoms. The van der Waals surface area contributed by atoms with E-state index >= 15 is 0 Å². The summed E-state index contributed by atoms with van der Waals surface area (Å²) in [5.74, 6) is -1.53. The van der Waals surface area contributed by atoms with Crippen molar-refractivity contribution >= 4 is 17.6 Å². The van der Waals surface area contributed by atoms with Gasteiger partial charge in [-0.2, -0.15) is 23.5 Å². The van der Waals surface area contributed by atoms with Crippen LogP contribution < -0.4 is 5.32 Å². The van der Waals surface area contributed by atoms with Crippen LogP contribution in [0, 0.1) is 16.7 Å². The number of anilines is 1. The zero-order valence-electron chi connectivity index (χ0n) is 16.1. The maximum atomic E-state index is 13.6. The van der Waals surface area contributed by atoms with Crippen molar-refractivity contribution in [3.63, 3.8) is 0 Å². The minimum atomic E-state index is -4.84. The number of carbonyl (C=O) groups is 2. The molecule has 0 unspecified atom stereocenters. The van der Waals surface area contributed by atoms with Crippen LogP contribution in [0.3, 0.4) is 0 Å². The Labute approximate surface area is 170 Å². The Balaban J connectivity index is 1.87. The van der Waals surface area contributed by atoms with Crippen molar-refractivity contribution in [2.24, 2.45) is 5.41 Å². The van der Waals surface area contributed by atoms with Gasteiger partial charge in [0.05, 0.1) is 24.6 Å². The average Bonchev–Trinajstić information content (AvgIpc) is 3.36. The van der Waals surface area contributed by atoms with Gasteiger partial charge in [0.1, 0.15) is 11.0 Å². The molecule has 7 nitrogen and oxygen atoms in total. The summed E-state index contributed by atoms with van der Waals surface area (Å²) >= 11 is 0. The van der Waals surface area contributed by atoms with Crippen molar-refractivity contribution in [2.45, 2.75) is 38.8 Å². The summed E-state index contributed by atoms with van der Waals surface area (Å²) in [4.78, 5) is 24.4. The first-order chi connectivity index (χ1) is 14.2. The molecule has 1 heterocycles. The van der Waals surface area contributed by atoms with E-state index in [2.05, 4.69) is 21.2 Å². The standard InChI is InChI=1S/C20H19F3N4O3/c1-2-30-17(28)15-11-25-27(16(15)20(21,22)23)14-7-5-13(6-8-14)26-18(29)19(12-24)9-3-4-10-19/h5-8,11H,2-4,9-10H2,1H3,(H,26,29). The largest absolute Gasteiger partial charge is 0.462 e. The highest BCUT2D eigenvalue weighted by molar-refractivity contribution is 5.97. The average molecular weight is 420 g/mol. The van der Waals surface area contributed by atoms with E-state index in [0.717, 1.165) is 19.0 Å². The van der Waals surface area contributed by atoms with Gasteiger partial charge in [0.25, 0.3) is 0 Å². The molecule has 0 saturated heterocycles. The van der Waals surface area contributed by atoms with Gasteiger partial charge in [-0.1, -0.05) is 12.8 Å². The van der Waals surface area contributed by atoms with Gasteiger partial charge < -0.3 is 10.1 Å². The number of carbonyl (C=O) groups excluding carboxylic acids is 2. The third-order valence-corrected chi connectivity index (χ3v) is 5.01. The van der Waals surface area contributed by atoms with Crippen LogP contribution in [0.25, 0.3) is 5.69 Å². The second kappa shape index (κ2) is 8.18. The summed E-state index contributed by atoms with van der Waals surface area (Å²) < 4.78 is 46.0. The first-order valence-corrected chi connectivity index (χ1v) is 9.37. The number of rotatable bonds is 5. The Morgan fingerprint density at radius 3 is 2.43 bits per heavy atom. The molecule has 0 spiro atoms. The lowest BCUT2D eigenvalue weighted by molar-refractivity contribution is -0.143. The molecule has 10 heteroatoms. The van der Waals surface area contributed by atoms with E-state index in [1.165, 1.54) is 31.2 Å². The monoisotopic (exact) mass is 420 g/mol. The minimum Gasteiger partial charge on any atom is -0.462 e. The summed E-state index contributed by atoms with van der Waals surface area (Å²) in [6.45, 7) is 1.42. The molecule has 3 rings (SSSR count). The van der Waals surface area contributed by atoms with Crippen LogP contribution in [0.4, 0.5) is 18.9 Å². The molecule has 158 valence electrons. The van der Waals surface area contributed by atoms with Crippen LogP contribution in [-0.2, 0) is 15.7 Å². The Bertz CT molecular complexity index is 984. The number of aromatic nitrogens is 2. The first-order valence-electron chi connectivity index (χ1n) is 9.37. The number of ether oxygens (including phenoxy) is 1. The van der Waals surface area contributed by atoms with Gasteiger partial charge in [-0.05, 0) is 44.0 Å². The van der Waals surface area contributed by atoms with E-state index in [9.17, 15) is 28.0 Å². The lowest BCUT2D eigenvalue weighted by Crippen LogP contribution is -2.32. The molecule has 0 aliphatic heterocycles. The highest BCUT2D eigenvalue weighted by Crippen LogP contribution is 2.38. The van der Waals surface area contributed by atoms with Crippen LogP contribution in [0.5, 0.6) is 0 Å². The predicted molar refractivity (Wildman–Crippen MR) is 99.7 cm³/mol. The van der Waals surface area contributed by atoms with Gasteiger partial charge in [0.15, 0.2) is 5.69 Å². The lowest BCUT2D eigenvalue weighted by atomic mass is 9.87. The molecule has 1 N–H and O–H groups in total. The lowest BCUT2D eigenvalue weighted by Gasteiger charge is -2.19. The van der Waals surface area contributed by atoms with Gasteiger partial charge in [0, 0.05) is 5.69 Å². The fourth-order valence-corrected chi connectivity index (χ4v) is 3.48. The van der Waals surface area contributed by atoms with Gasteiger partial charge in [0.2, 0.25) is 5.91 Å². The van der Waals surface area contributed by atoms with E-state index in [1.54, 1.807) is 0 Å². The zero-order valence-corrected chi connectivity index (χ0v) is 16.1. The maximum absolute atomic E-state index is 13.6. The number of benzene rings is 1. The Morgan fingerprint density at radius 2 is 1.90 bits per heavy atom. The zero-order chi connectivity index (χ0) is 21.9. The van der Waals surface area contributed by atoms with Gasteiger partial charge in [-0.25, -0.2) is 9.48 Å². The summed E-state index contributed by atoms with van der Waals surface area (Å²) in [5.41, 5.74) is -2.60. The van der Waals surface area contributed by atoms with E-state index < -0.39 is 34.7 Å². The van der Waals surface area contributed by atoms with Crippen LogP contribution >= 0.6 is 0 Å². The number of nitriles is 1. The number of amides is 1. The molecule has 30 heavy (non-hydrogen) atoms. The predicted octanol–water partition coefficient (Wildman–Crippen LogP) is 4.09. The molecule has 1 aromatic heterocycles. The van der Waals surface area contributed by atoms with Crippen molar-refractivity contribution in [3.05, 3.63) is 41.7 Å². The van der Waals surface area contributed by atoms with E-state index in [0.29, 0.717) is 23.2 Å². The molecule has 1 aliphatic rings. The molecule has 0 atom stereocenters. The smallest absolute Gasteiger partial charge is 0.434 e. The van der Waals surface area contributed by atoms with E-state index in [1.807, 2.05) is 0 Å². The van der Waals surface area contributed by atoms with Crippen LogP contribution in [0.2, 0.25) is 0 Å². The Kier molecular flexibility index (Phi) is 5.82. The third kappa shape index (κ3) is 4.01. The van der Waals surface area contributed by atoms with Gasteiger partial charge in [-0.15, -0.1) is 0 Å². The Hall–Kier alpha value is -3.35. The topological polar surface area (TPSA) is 97.0 Å². The molecule has 1 fully saturated rings. The number of hydrogen-bond acceptors (Lipinski definition) is 5. The van der Waals surface area contributed by atoms with Crippen LogP contribution in [0.15, 0.2) is 30.5 Å². The van der Waals surface area contributed by atoms with Crippen molar-refractivity contribution in [1.29, 1.82) is 5.26 Å². The van der Waals surface area contributed by atoms with Crippen LogP contribution in [-0.4, -0.2) is 28.3 Å². The van der Waals surface area contributed by atoms with Crippen LogP contribution in [0.1, 0.15) is 48.7 Å². The van der Waals surface area contributed by atoms with Gasteiger partial charge >= 0.3 is 12.1 Å². The molecular weight excluding hydrogens is 401 g/mol. The number of halogens is 3. The van der Waals surface area contributed by atoms with Crippen molar-refractivity contribution in [3.8, 4) is 11.8 Å². The summed E-state index contributed by atoms with van der Waals surface area (Å²) in [6, 6.07) is 7.59. The maximum Gasteiger partial charge on any atom is 0.434 e. The summed E-state index contributed by atoms with van der Waals surface area (Å²) in [6.07, 6.45) is -1.48. The van der Waals surface area contributed by atoms with Gasteiger partial charge in [-0.3, -0.25) is 4.79 Å². The molecule has 1 aromatic carbocycles. The third-order valence-electron chi connectivity index (χ3n) is 5.01. The molecule has 0 radical (unpaired) electrons. The number of nitrogens with zero attached hydrogens (tertiary/aromatic N) is 3. The normalized spacial score (nSPS) is 15.4. The number of esters is 1. The minimum absolute atomic E-state index is 0.0479. The van der Waals surface area contributed by atoms with E-state index in [4.69, 9.17) is 0 Å². The van der Waals surface area contributed by atoms with E-state index in [-0.39, 0.29) is 12.3 Å². The number of nitrogens with one attached hydrogen (secondary N) is 1. The molecule has 1 aliphatic carbocycles. The number of alkyl halides is 3.